The molecule has 138 valence electrons. The van der Waals surface area contributed by atoms with Crippen LogP contribution in [0, 0.1) is 0 Å². The molecule has 2 aromatic carbocycles. The summed E-state index contributed by atoms with van der Waals surface area (Å²) in [7, 11) is 1.60. The van der Waals surface area contributed by atoms with Crippen molar-refractivity contribution in [3.8, 4) is 5.75 Å². The Bertz CT molecular complexity index is 730. The number of carbonyl (C=O) groups is 2. The van der Waals surface area contributed by atoms with E-state index in [0.29, 0.717) is 25.3 Å². The summed E-state index contributed by atoms with van der Waals surface area (Å²) in [4.78, 5) is 25.6. The van der Waals surface area contributed by atoms with Gasteiger partial charge < -0.3 is 14.7 Å². The molecule has 1 N–H and O–H groups in total. The van der Waals surface area contributed by atoms with Gasteiger partial charge in [0.15, 0.2) is 0 Å². The molecule has 26 heavy (non-hydrogen) atoms. The van der Waals surface area contributed by atoms with Gasteiger partial charge in [0, 0.05) is 19.5 Å². The SMILES string of the molecule is COc1cccc(C(C)C(=O)N(CCCC(=O)O)Cc2ccccc2)c1. The van der Waals surface area contributed by atoms with E-state index >= 15 is 0 Å². The predicted molar refractivity (Wildman–Crippen MR) is 100 cm³/mol. The lowest BCUT2D eigenvalue weighted by atomic mass is 9.99. The van der Waals surface area contributed by atoms with Crippen molar-refractivity contribution < 1.29 is 19.4 Å². The Labute approximate surface area is 154 Å². The monoisotopic (exact) mass is 355 g/mol. The highest BCUT2D eigenvalue weighted by Crippen LogP contribution is 2.23. The fourth-order valence-electron chi connectivity index (χ4n) is 2.82. The first kappa shape index (κ1) is 19.5. The number of amides is 1. The van der Waals surface area contributed by atoms with E-state index in [4.69, 9.17) is 9.84 Å². The maximum atomic E-state index is 13.1. The number of rotatable bonds is 9. The van der Waals surface area contributed by atoms with Crippen molar-refractivity contribution >= 4 is 11.9 Å². The van der Waals surface area contributed by atoms with Gasteiger partial charge in [-0.25, -0.2) is 0 Å². The van der Waals surface area contributed by atoms with Crippen LogP contribution in [0.5, 0.6) is 5.75 Å². The molecule has 0 aliphatic rings. The van der Waals surface area contributed by atoms with Crippen molar-refractivity contribution in [1.29, 1.82) is 0 Å². The van der Waals surface area contributed by atoms with Gasteiger partial charge in [0.25, 0.3) is 0 Å². The number of benzene rings is 2. The highest BCUT2D eigenvalue weighted by molar-refractivity contribution is 5.83. The maximum Gasteiger partial charge on any atom is 0.303 e. The van der Waals surface area contributed by atoms with E-state index in [1.165, 1.54) is 0 Å². The lowest BCUT2D eigenvalue weighted by Gasteiger charge is -2.26. The highest BCUT2D eigenvalue weighted by Gasteiger charge is 2.22. The Morgan fingerprint density at radius 2 is 1.85 bits per heavy atom. The molecule has 2 aromatic rings. The first-order valence-electron chi connectivity index (χ1n) is 8.69. The van der Waals surface area contributed by atoms with Crippen LogP contribution >= 0.6 is 0 Å². The summed E-state index contributed by atoms with van der Waals surface area (Å²) in [6, 6.07) is 17.2. The van der Waals surface area contributed by atoms with Crippen molar-refractivity contribution in [2.45, 2.75) is 32.2 Å². The minimum atomic E-state index is -0.849. The zero-order valence-corrected chi connectivity index (χ0v) is 15.2. The van der Waals surface area contributed by atoms with Crippen LogP contribution in [0.1, 0.15) is 36.8 Å². The van der Waals surface area contributed by atoms with E-state index in [2.05, 4.69) is 0 Å². The zero-order chi connectivity index (χ0) is 18.9. The Balaban J connectivity index is 2.15. The summed E-state index contributed by atoms with van der Waals surface area (Å²) >= 11 is 0. The van der Waals surface area contributed by atoms with Gasteiger partial charge in [-0.2, -0.15) is 0 Å². The number of hydrogen-bond acceptors (Lipinski definition) is 3. The van der Waals surface area contributed by atoms with Crippen LogP contribution in [0.15, 0.2) is 54.6 Å². The standard InChI is InChI=1S/C21H25NO4/c1-16(18-10-6-11-19(14-18)26-2)21(25)22(13-7-12-20(23)24)15-17-8-4-3-5-9-17/h3-6,8-11,14,16H,7,12-13,15H2,1-2H3,(H,23,24). The molecular weight excluding hydrogens is 330 g/mol. The highest BCUT2D eigenvalue weighted by atomic mass is 16.5. The van der Waals surface area contributed by atoms with Crippen LogP contribution < -0.4 is 4.74 Å². The van der Waals surface area contributed by atoms with Gasteiger partial charge in [-0.3, -0.25) is 9.59 Å². The number of methoxy groups -OCH3 is 1. The quantitative estimate of drug-likeness (QED) is 0.745. The molecule has 5 nitrogen and oxygen atoms in total. The third-order valence-electron chi connectivity index (χ3n) is 4.31. The van der Waals surface area contributed by atoms with Crippen LogP contribution in [-0.4, -0.2) is 35.5 Å². The summed E-state index contributed by atoms with van der Waals surface area (Å²) < 4.78 is 5.24. The first-order chi connectivity index (χ1) is 12.5. The molecule has 0 heterocycles. The normalized spacial score (nSPS) is 11.6. The van der Waals surface area contributed by atoms with Gasteiger partial charge in [-0.05, 0) is 36.6 Å². The van der Waals surface area contributed by atoms with E-state index in [9.17, 15) is 9.59 Å². The second kappa shape index (κ2) is 9.61. The predicted octanol–water partition coefficient (Wildman–Crippen LogP) is 3.69. The molecule has 1 amide bonds. The molecule has 5 heteroatoms. The molecule has 0 saturated carbocycles. The Kier molecular flexibility index (Phi) is 7.21. The summed E-state index contributed by atoms with van der Waals surface area (Å²) in [6.45, 7) is 2.74. The van der Waals surface area contributed by atoms with Crippen molar-refractivity contribution in [3.05, 3.63) is 65.7 Å². The fraction of sp³-hybridized carbons (Fsp3) is 0.333. The number of hydrogen-bond donors (Lipinski definition) is 1. The Morgan fingerprint density at radius 1 is 1.12 bits per heavy atom. The third-order valence-corrected chi connectivity index (χ3v) is 4.31. The first-order valence-corrected chi connectivity index (χ1v) is 8.69. The maximum absolute atomic E-state index is 13.1. The van der Waals surface area contributed by atoms with Gasteiger partial charge >= 0.3 is 5.97 Å². The fourth-order valence-corrected chi connectivity index (χ4v) is 2.82. The Morgan fingerprint density at radius 3 is 2.50 bits per heavy atom. The summed E-state index contributed by atoms with van der Waals surface area (Å²) in [5.41, 5.74) is 1.90. The average molecular weight is 355 g/mol. The minimum absolute atomic E-state index is 0.0208. The smallest absolute Gasteiger partial charge is 0.303 e. The summed E-state index contributed by atoms with van der Waals surface area (Å²) in [5.74, 6) is -0.494. The molecule has 2 rings (SSSR count). The number of carboxylic acid groups (broad SMARTS) is 1. The van der Waals surface area contributed by atoms with Crippen LogP contribution in [0.25, 0.3) is 0 Å². The summed E-state index contributed by atoms with van der Waals surface area (Å²) in [5, 5.41) is 8.88. The number of aliphatic carboxylic acids is 1. The van der Waals surface area contributed by atoms with Crippen LogP contribution in [0.3, 0.4) is 0 Å². The number of ether oxygens (including phenoxy) is 1. The van der Waals surface area contributed by atoms with Gasteiger partial charge in [0.1, 0.15) is 5.75 Å². The van der Waals surface area contributed by atoms with Crippen LogP contribution in [0.2, 0.25) is 0 Å². The molecule has 0 aromatic heterocycles. The third kappa shape index (κ3) is 5.62. The molecule has 0 bridgehead atoms. The van der Waals surface area contributed by atoms with Gasteiger partial charge in [0.2, 0.25) is 5.91 Å². The lowest BCUT2D eigenvalue weighted by molar-refractivity contribution is -0.138. The van der Waals surface area contributed by atoms with Gasteiger partial charge in [0.05, 0.1) is 13.0 Å². The van der Waals surface area contributed by atoms with E-state index in [0.717, 1.165) is 11.1 Å². The van der Waals surface area contributed by atoms with Crippen molar-refractivity contribution in [3.63, 3.8) is 0 Å². The molecule has 0 aliphatic carbocycles. The Hall–Kier alpha value is -2.82. The molecule has 0 radical (unpaired) electrons. The molecule has 1 atom stereocenters. The van der Waals surface area contributed by atoms with Crippen LogP contribution in [0.4, 0.5) is 0 Å². The molecule has 0 aliphatic heterocycles. The largest absolute Gasteiger partial charge is 0.497 e. The lowest BCUT2D eigenvalue weighted by Crippen LogP contribution is -2.35. The molecule has 0 saturated heterocycles. The second-order valence-corrected chi connectivity index (χ2v) is 6.24. The van der Waals surface area contributed by atoms with Crippen molar-refractivity contribution in [2.75, 3.05) is 13.7 Å². The number of nitrogens with zero attached hydrogens (tertiary/aromatic N) is 1. The van der Waals surface area contributed by atoms with Crippen molar-refractivity contribution in [1.82, 2.24) is 4.90 Å². The van der Waals surface area contributed by atoms with Gasteiger partial charge in [-0.15, -0.1) is 0 Å². The van der Waals surface area contributed by atoms with E-state index in [-0.39, 0.29) is 18.2 Å². The minimum Gasteiger partial charge on any atom is -0.497 e. The summed E-state index contributed by atoms with van der Waals surface area (Å²) in [6.07, 6.45) is 0.477. The zero-order valence-electron chi connectivity index (χ0n) is 15.2. The van der Waals surface area contributed by atoms with Gasteiger partial charge in [-0.1, -0.05) is 42.5 Å². The van der Waals surface area contributed by atoms with E-state index < -0.39 is 5.97 Å². The molecule has 0 fully saturated rings. The topological polar surface area (TPSA) is 66.8 Å². The number of carbonyl (C=O) groups excluding carboxylic acids is 1. The van der Waals surface area contributed by atoms with E-state index in [1.807, 2.05) is 61.5 Å². The molecular formula is C21H25NO4. The molecule has 0 spiro atoms. The number of carboxylic acids is 1. The van der Waals surface area contributed by atoms with E-state index in [1.54, 1.807) is 12.0 Å². The molecule has 1 unspecified atom stereocenters. The van der Waals surface area contributed by atoms with Crippen LogP contribution in [-0.2, 0) is 16.1 Å². The van der Waals surface area contributed by atoms with Crippen molar-refractivity contribution in [2.24, 2.45) is 0 Å². The average Bonchev–Trinajstić information content (AvgIpc) is 2.66. The second-order valence-electron chi connectivity index (χ2n) is 6.24.